The number of Topliss-reactive ketones (excluding diaryl/α,β-unsaturated/α-hetero) is 1. The molecule has 3 rings (SSSR count). The summed E-state index contributed by atoms with van der Waals surface area (Å²) in [6.45, 7) is 0.00607. The van der Waals surface area contributed by atoms with E-state index in [-0.39, 0.29) is 17.1 Å². The van der Waals surface area contributed by atoms with Gasteiger partial charge < -0.3 is 4.74 Å². The van der Waals surface area contributed by atoms with Crippen LogP contribution < -0.4 is 9.54 Å². The van der Waals surface area contributed by atoms with Crippen LogP contribution in [0.25, 0.3) is 10.6 Å². The summed E-state index contributed by atoms with van der Waals surface area (Å²) in [5.41, 5.74) is 1.31. The number of rotatable bonds is 5. The minimum absolute atomic E-state index is 0.00607. The normalized spacial score (nSPS) is 10.6. The Morgan fingerprint density at radius 2 is 1.96 bits per heavy atom. The van der Waals surface area contributed by atoms with Crippen LogP contribution >= 0.6 is 22.9 Å². The van der Waals surface area contributed by atoms with Crippen molar-refractivity contribution < 1.29 is 9.53 Å². The molecule has 1 heterocycles. The summed E-state index contributed by atoms with van der Waals surface area (Å²) >= 11 is 7.35. The molecule has 0 unspecified atom stereocenters. The lowest BCUT2D eigenvalue weighted by Crippen LogP contribution is -2.21. The fraction of sp³-hybridized carbons (Fsp3) is 0.118. The Morgan fingerprint density at radius 3 is 2.62 bits per heavy atom. The molecular weight excluding hydrogens is 346 g/mol. The molecule has 5 nitrogen and oxygen atoms in total. The molecule has 0 saturated carbocycles. The fourth-order valence-corrected chi connectivity index (χ4v) is 3.28. The predicted molar refractivity (Wildman–Crippen MR) is 93.7 cm³/mol. The summed E-state index contributed by atoms with van der Waals surface area (Å²) in [6.07, 6.45) is 0. The first-order valence-corrected chi connectivity index (χ1v) is 8.32. The number of carbonyl (C=O) groups excluding carboxylic acids is 1. The summed E-state index contributed by atoms with van der Waals surface area (Å²) in [7, 11) is 1.57. The van der Waals surface area contributed by atoms with E-state index in [1.54, 1.807) is 37.4 Å². The van der Waals surface area contributed by atoms with Crippen molar-refractivity contribution in [1.82, 2.24) is 9.78 Å². The third-order valence-corrected chi connectivity index (χ3v) is 4.68. The molecule has 0 aliphatic rings. The lowest BCUT2D eigenvalue weighted by Gasteiger charge is -2.03. The molecule has 0 fully saturated rings. The topological polar surface area (TPSA) is 68.0 Å². The van der Waals surface area contributed by atoms with Crippen LogP contribution in [0.4, 0.5) is 0 Å². The first kappa shape index (κ1) is 16.4. The molecule has 0 saturated heterocycles. The van der Waals surface area contributed by atoms with E-state index in [0.717, 1.165) is 5.56 Å². The van der Waals surface area contributed by atoms with E-state index >= 15 is 0 Å². The van der Waals surface area contributed by atoms with Gasteiger partial charge in [-0.15, -0.1) is 0 Å². The smallest absolute Gasteiger partial charge is 0.200 e. The van der Waals surface area contributed by atoms with E-state index in [4.69, 9.17) is 21.7 Å². The van der Waals surface area contributed by atoms with Crippen LogP contribution in [0, 0.1) is 5.41 Å². The average molecular weight is 360 g/mol. The number of methoxy groups -OCH3 is 1. The second-order valence-electron chi connectivity index (χ2n) is 5.00. The second kappa shape index (κ2) is 6.98. The maximum absolute atomic E-state index is 12.4. The van der Waals surface area contributed by atoms with E-state index in [1.165, 1.54) is 16.0 Å². The molecule has 0 amide bonds. The summed E-state index contributed by atoms with van der Waals surface area (Å²) in [5, 5.41) is 13.6. The number of carbonyl (C=O) groups is 1. The van der Waals surface area contributed by atoms with E-state index in [2.05, 4.69) is 5.10 Å². The summed E-state index contributed by atoms with van der Waals surface area (Å²) in [5.74, 6) is 0.571. The molecule has 2 aromatic carbocycles. The van der Waals surface area contributed by atoms with Crippen LogP contribution in [0.5, 0.6) is 5.75 Å². The minimum Gasteiger partial charge on any atom is -0.497 e. The van der Waals surface area contributed by atoms with E-state index in [1.807, 2.05) is 18.2 Å². The third kappa shape index (κ3) is 3.39. The molecule has 24 heavy (non-hydrogen) atoms. The quantitative estimate of drug-likeness (QED) is 0.707. The number of hydrogen-bond donors (Lipinski definition) is 1. The van der Waals surface area contributed by atoms with Gasteiger partial charge in [0.25, 0.3) is 0 Å². The van der Waals surface area contributed by atoms with Gasteiger partial charge in [-0.2, -0.15) is 5.10 Å². The van der Waals surface area contributed by atoms with Gasteiger partial charge in [0.2, 0.25) is 4.80 Å². The zero-order valence-electron chi connectivity index (χ0n) is 12.8. The molecule has 122 valence electrons. The Hall–Kier alpha value is -2.44. The molecule has 0 aliphatic heterocycles. The van der Waals surface area contributed by atoms with Crippen molar-refractivity contribution in [3.63, 3.8) is 0 Å². The van der Waals surface area contributed by atoms with E-state index in [9.17, 15) is 4.79 Å². The highest BCUT2D eigenvalue weighted by Crippen LogP contribution is 2.27. The van der Waals surface area contributed by atoms with Crippen molar-refractivity contribution in [2.24, 2.45) is 0 Å². The Morgan fingerprint density at radius 1 is 1.25 bits per heavy atom. The van der Waals surface area contributed by atoms with E-state index in [0.29, 0.717) is 21.3 Å². The molecule has 0 atom stereocenters. The molecule has 0 aliphatic carbocycles. The highest BCUT2D eigenvalue weighted by atomic mass is 35.5. The van der Waals surface area contributed by atoms with Gasteiger partial charge >= 0.3 is 0 Å². The van der Waals surface area contributed by atoms with Gasteiger partial charge in [-0.3, -0.25) is 10.2 Å². The first-order valence-electron chi connectivity index (χ1n) is 7.13. The van der Waals surface area contributed by atoms with Gasteiger partial charge in [-0.25, -0.2) is 4.68 Å². The summed E-state index contributed by atoms with van der Waals surface area (Å²) in [4.78, 5) is 12.6. The van der Waals surface area contributed by atoms with Crippen molar-refractivity contribution >= 4 is 28.7 Å². The average Bonchev–Trinajstić information content (AvgIpc) is 2.95. The monoisotopic (exact) mass is 359 g/mol. The molecular formula is C17H14ClN3O2S. The van der Waals surface area contributed by atoms with Crippen LogP contribution in [0.1, 0.15) is 10.4 Å². The van der Waals surface area contributed by atoms with Gasteiger partial charge in [0, 0.05) is 11.1 Å². The van der Waals surface area contributed by atoms with Crippen molar-refractivity contribution in [3.8, 4) is 16.3 Å². The van der Waals surface area contributed by atoms with Crippen molar-refractivity contribution in [3.05, 3.63) is 63.9 Å². The predicted octanol–water partition coefficient (Wildman–Crippen LogP) is 3.64. The third-order valence-electron chi connectivity index (χ3n) is 3.45. The molecule has 7 heteroatoms. The molecule has 1 N–H and O–H groups in total. The van der Waals surface area contributed by atoms with Crippen LogP contribution in [-0.2, 0) is 6.54 Å². The number of hydrogen-bond acceptors (Lipinski definition) is 5. The molecule has 1 aromatic heterocycles. The SMILES string of the molecule is COc1ccc(C(=O)Cn2nc(-c3ccccc3Cl)sc2=N)cc1. The van der Waals surface area contributed by atoms with Gasteiger partial charge in [0.15, 0.2) is 5.78 Å². The maximum atomic E-state index is 12.4. The number of nitrogens with zero attached hydrogens (tertiary/aromatic N) is 2. The number of aromatic nitrogens is 2. The summed E-state index contributed by atoms with van der Waals surface area (Å²) < 4.78 is 6.46. The number of halogens is 1. The van der Waals surface area contributed by atoms with Crippen LogP contribution in [0.3, 0.4) is 0 Å². The van der Waals surface area contributed by atoms with Gasteiger partial charge in [-0.1, -0.05) is 41.1 Å². The van der Waals surface area contributed by atoms with Gasteiger partial charge in [0.05, 0.1) is 12.1 Å². The zero-order valence-corrected chi connectivity index (χ0v) is 14.4. The van der Waals surface area contributed by atoms with Crippen LogP contribution in [0.2, 0.25) is 5.02 Å². The van der Waals surface area contributed by atoms with Crippen molar-refractivity contribution in [1.29, 1.82) is 5.41 Å². The van der Waals surface area contributed by atoms with Crippen LogP contribution in [0.15, 0.2) is 48.5 Å². The van der Waals surface area contributed by atoms with E-state index < -0.39 is 0 Å². The highest BCUT2D eigenvalue weighted by Gasteiger charge is 2.13. The number of ketones is 1. The van der Waals surface area contributed by atoms with Crippen LogP contribution in [-0.4, -0.2) is 22.7 Å². The Labute approximate surface area is 147 Å². The molecule has 0 radical (unpaired) electrons. The first-order chi connectivity index (χ1) is 11.6. The van der Waals surface area contributed by atoms with Gasteiger partial charge in [0.1, 0.15) is 17.3 Å². The number of benzene rings is 2. The Balaban J connectivity index is 1.84. The molecule has 0 bridgehead atoms. The second-order valence-corrected chi connectivity index (χ2v) is 6.39. The minimum atomic E-state index is -0.118. The largest absolute Gasteiger partial charge is 0.497 e. The fourth-order valence-electron chi connectivity index (χ4n) is 2.17. The summed E-state index contributed by atoms with van der Waals surface area (Å²) in [6, 6.07) is 14.2. The number of nitrogens with one attached hydrogen (secondary N) is 1. The molecule has 3 aromatic rings. The van der Waals surface area contributed by atoms with Crippen molar-refractivity contribution in [2.45, 2.75) is 6.54 Å². The standard InChI is InChI=1S/C17H14ClN3O2S/c1-23-12-8-6-11(7-9-12)15(22)10-21-17(19)24-16(20-21)13-4-2-3-5-14(13)18/h2-9,19H,10H2,1H3. The molecule has 0 spiro atoms. The lowest BCUT2D eigenvalue weighted by atomic mass is 10.1. The Bertz CT molecular complexity index is 932. The Kier molecular flexibility index (Phi) is 4.78. The maximum Gasteiger partial charge on any atom is 0.200 e. The number of ether oxygens (including phenoxy) is 1. The lowest BCUT2D eigenvalue weighted by molar-refractivity contribution is 0.0966. The zero-order chi connectivity index (χ0) is 17.1. The highest BCUT2D eigenvalue weighted by molar-refractivity contribution is 7.12. The van der Waals surface area contributed by atoms with Crippen molar-refractivity contribution in [2.75, 3.05) is 7.11 Å². The van der Waals surface area contributed by atoms with Gasteiger partial charge in [-0.05, 0) is 30.3 Å².